The van der Waals surface area contributed by atoms with E-state index >= 15 is 0 Å². The molecule has 0 saturated heterocycles. The minimum Gasteiger partial charge on any atom is -0.493 e. The van der Waals surface area contributed by atoms with E-state index < -0.39 is 37.9 Å². The van der Waals surface area contributed by atoms with Crippen molar-refractivity contribution in [2.45, 2.75) is 37.4 Å². The Morgan fingerprint density at radius 2 is 1.94 bits per heavy atom. The van der Waals surface area contributed by atoms with E-state index in [0.717, 1.165) is 10.6 Å². The van der Waals surface area contributed by atoms with Crippen molar-refractivity contribution in [2.75, 3.05) is 5.32 Å². The van der Waals surface area contributed by atoms with E-state index in [2.05, 4.69) is 15.5 Å². The van der Waals surface area contributed by atoms with Gasteiger partial charge in [-0.3, -0.25) is 23.5 Å². The molecule has 1 aromatic carbocycles. The SMILES string of the molecule is BCC(B)C(=O)Nc1ccc(S(=O)(=O)O)c(/N=N/c2c(C)c(C(N)=O)c(=O)n(CC)c2O)c1. The highest BCUT2D eigenvalue weighted by Gasteiger charge is 2.23. The van der Waals surface area contributed by atoms with Crippen LogP contribution in [0.3, 0.4) is 0 Å². The van der Waals surface area contributed by atoms with Crippen molar-refractivity contribution < 1.29 is 27.7 Å². The molecule has 1 unspecified atom stereocenters. The molecule has 5 N–H and O–H groups in total. The number of carbonyl (C=O) groups is 2. The van der Waals surface area contributed by atoms with Crippen LogP contribution in [0.5, 0.6) is 5.88 Å². The summed E-state index contributed by atoms with van der Waals surface area (Å²) in [6, 6.07) is 3.47. The maximum Gasteiger partial charge on any atom is 0.296 e. The smallest absolute Gasteiger partial charge is 0.296 e. The summed E-state index contributed by atoms with van der Waals surface area (Å²) in [4.78, 5) is 35.7. The Labute approximate surface area is 191 Å². The van der Waals surface area contributed by atoms with E-state index in [1.54, 1.807) is 14.8 Å². The molecule has 1 atom stereocenters. The predicted octanol–water partition coefficient (Wildman–Crippen LogP) is 0.0547. The first-order chi connectivity index (χ1) is 15.3. The molecular weight excluding hydrogens is 452 g/mol. The number of nitrogens with two attached hydrogens (primary N) is 1. The number of hydrogen-bond acceptors (Lipinski definition) is 8. The van der Waals surface area contributed by atoms with Crippen LogP contribution in [-0.2, 0) is 21.5 Å². The lowest BCUT2D eigenvalue weighted by Gasteiger charge is -2.13. The molecule has 12 nitrogen and oxygen atoms in total. The summed E-state index contributed by atoms with van der Waals surface area (Å²) in [5.41, 5.74) is 3.55. The number of aromatic hydroxyl groups is 1. The number of primary amides is 1. The van der Waals surface area contributed by atoms with Gasteiger partial charge in [-0.15, -0.1) is 10.2 Å². The molecule has 33 heavy (non-hydrogen) atoms. The minimum atomic E-state index is -4.72. The molecule has 0 fully saturated rings. The van der Waals surface area contributed by atoms with Gasteiger partial charge in [-0.2, -0.15) is 8.42 Å². The molecule has 2 amide bonds. The molecule has 2 rings (SSSR count). The summed E-state index contributed by atoms with van der Waals surface area (Å²) in [7, 11) is -1.18. The van der Waals surface area contributed by atoms with Crippen LogP contribution in [0.25, 0.3) is 0 Å². The highest BCUT2D eigenvalue weighted by molar-refractivity contribution is 7.86. The molecule has 1 heterocycles. The molecule has 0 radical (unpaired) electrons. The molecule has 0 aliphatic heterocycles. The normalized spacial score (nSPS) is 12.6. The lowest BCUT2D eigenvalue weighted by atomic mass is 9.76. The average molecular weight is 475 g/mol. The maximum atomic E-state index is 12.4. The lowest BCUT2D eigenvalue weighted by molar-refractivity contribution is -0.115. The zero-order chi connectivity index (χ0) is 25.1. The van der Waals surface area contributed by atoms with Gasteiger partial charge in [-0.1, -0.05) is 6.32 Å². The maximum absolute atomic E-state index is 12.4. The summed E-state index contributed by atoms with van der Waals surface area (Å²) < 4.78 is 34.0. The number of hydrogen-bond donors (Lipinski definition) is 4. The van der Waals surface area contributed by atoms with E-state index in [4.69, 9.17) is 5.73 Å². The molecule has 2 aromatic rings. The Morgan fingerprint density at radius 3 is 2.45 bits per heavy atom. The highest BCUT2D eigenvalue weighted by atomic mass is 32.2. The van der Waals surface area contributed by atoms with Gasteiger partial charge >= 0.3 is 0 Å². The van der Waals surface area contributed by atoms with Crippen molar-refractivity contribution in [1.29, 1.82) is 0 Å². The first kappa shape index (κ1) is 25.8. The Balaban J connectivity index is 2.68. The van der Waals surface area contributed by atoms with Gasteiger partial charge in [0, 0.05) is 23.6 Å². The van der Waals surface area contributed by atoms with Gasteiger partial charge in [0.25, 0.3) is 21.6 Å². The minimum absolute atomic E-state index is 0.0128. The fourth-order valence-electron chi connectivity index (χ4n) is 2.95. The second kappa shape index (κ2) is 10.0. The van der Waals surface area contributed by atoms with Gasteiger partial charge in [0.05, 0.1) is 0 Å². The monoisotopic (exact) mass is 475 g/mol. The van der Waals surface area contributed by atoms with Crippen molar-refractivity contribution in [3.05, 3.63) is 39.7 Å². The van der Waals surface area contributed by atoms with Crippen LogP contribution in [0.4, 0.5) is 17.1 Å². The van der Waals surface area contributed by atoms with Crippen molar-refractivity contribution >= 4 is 54.7 Å². The number of rotatable bonds is 8. The molecule has 0 aliphatic carbocycles. The predicted molar refractivity (Wildman–Crippen MR) is 126 cm³/mol. The summed E-state index contributed by atoms with van der Waals surface area (Å²) in [6.07, 6.45) is 0.579. The van der Waals surface area contributed by atoms with E-state index in [1.165, 1.54) is 19.1 Å². The molecule has 0 aliphatic rings. The van der Waals surface area contributed by atoms with E-state index in [0.29, 0.717) is 6.32 Å². The third-order valence-corrected chi connectivity index (χ3v) is 5.94. The van der Waals surface area contributed by atoms with Crippen LogP contribution < -0.4 is 16.6 Å². The lowest BCUT2D eigenvalue weighted by Crippen LogP contribution is -2.30. The number of benzene rings is 1. The summed E-state index contributed by atoms with van der Waals surface area (Å²) >= 11 is 0. The number of azo groups is 1. The number of nitrogens with one attached hydrogen (secondary N) is 1. The van der Waals surface area contributed by atoms with E-state index in [9.17, 15) is 32.5 Å². The molecule has 174 valence electrons. The fourth-order valence-corrected chi connectivity index (χ4v) is 3.56. The highest BCUT2D eigenvalue weighted by Crippen LogP contribution is 2.34. The Bertz CT molecular complexity index is 1310. The quantitative estimate of drug-likeness (QED) is 0.235. The van der Waals surface area contributed by atoms with Gasteiger partial charge in [-0.25, -0.2) is 0 Å². The molecule has 15 heteroatoms. The van der Waals surface area contributed by atoms with E-state index in [1.807, 2.05) is 7.85 Å². The molecule has 0 spiro atoms. The molecule has 1 aromatic heterocycles. The summed E-state index contributed by atoms with van der Waals surface area (Å²) in [5, 5.41) is 20.7. The Hall–Kier alpha value is -3.45. The van der Waals surface area contributed by atoms with Crippen molar-refractivity contribution in [2.24, 2.45) is 16.0 Å². The number of amides is 2. The Morgan fingerprint density at radius 1 is 1.30 bits per heavy atom. The van der Waals surface area contributed by atoms with Gasteiger partial charge < -0.3 is 16.2 Å². The van der Waals surface area contributed by atoms with Crippen molar-refractivity contribution in [3.63, 3.8) is 0 Å². The zero-order valence-electron chi connectivity index (χ0n) is 18.5. The second-order valence-corrected chi connectivity index (χ2v) is 8.63. The Kier molecular flexibility index (Phi) is 7.82. The summed E-state index contributed by atoms with van der Waals surface area (Å²) in [5.74, 6) is -2.26. The molecule has 0 bridgehead atoms. The van der Waals surface area contributed by atoms with E-state index in [-0.39, 0.29) is 40.9 Å². The van der Waals surface area contributed by atoms with Gasteiger partial charge in [-0.05, 0) is 32.0 Å². The standard InChI is InChI=1S/C18H23B2N5O7S/c1-3-25-17(28)13(15(21)26)8(2)14(18(25)29)24-23-11-6-9(22-16(27)10(20)7-19)4-5-12(11)33(30,31)32/h4-6,10,29H,3,7,19-20H2,1-2H3,(H2,21,26)(H,22,27)(H,30,31,32)/b24-23+. The first-order valence-electron chi connectivity index (χ1n) is 9.93. The van der Waals surface area contributed by atoms with Crippen LogP contribution in [0.15, 0.2) is 38.1 Å². The fraction of sp³-hybridized carbons (Fsp3) is 0.278. The molecular formula is C18H23B2N5O7S. The van der Waals surface area contributed by atoms with Crippen LogP contribution in [0, 0.1) is 6.92 Å². The number of carbonyl (C=O) groups excluding carboxylic acids is 2. The van der Waals surface area contributed by atoms with Crippen molar-refractivity contribution in [1.82, 2.24) is 4.57 Å². The van der Waals surface area contributed by atoms with Gasteiger partial charge in [0.2, 0.25) is 11.8 Å². The average Bonchev–Trinajstić information content (AvgIpc) is 2.72. The third kappa shape index (κ3) is 5.49. The topological polar surface area (TPSA) is 194 Å². The first-order valence-corrected chi connectivity index (χ1v) is 11.4. The number of aromatic nitrogens is 1. The van der Waals surface area contributed by atoms with Crippen LogP contribution >= 0.6 is 0 Å². The van der Waals surface area contributed by atoms with Gasteiger partial charge in [0.15, 0.2) is 0 Å². The van der Waals surface area contributed by atoms with Crippen LogP contribution in [0.1, 0.15) is 22.8 Å². The molecule has 0 saturated carbocycles. The third-order valence-electron chi connectivity index (χ3n) is 5.04. The second-order valence-electron chi connectivity index (χ2n) is 7.24. The van der Waals surface area contributed by atoms with Crippen molar-refractivity contribution in [3.8, 4) is 5.88 Å². The van der Waals surface area contributed by atoms with Gasteiger partial charge in [0.1, 0.15) is 37.5 Å². The zero-order valence-corrected chi connectivity index (χ0v) is 19.3. The van der Waals surface area contributed by atoms with Crippen LogP contribution in [0.2, 0.25) is 12.1 Å². The largest absolute Gasteiger partial charge is 0.493 e. The number of nitrogens with zero attached hydrogens (tertiary/aromatic N) is 3. The van der Waals surface area contributed by atoms with Crippen LogP contribution in [-0.4, -0.2) is 50.2 Å². The summed E-state index contributed by atoms with van der Waals surface area (Å²) in [6.45, 7) is 2.85. The number of pyridine rings is 1. The number of anilines is 1.